The Morgan fingerprint density at radius 1 is 0.484 bits per heavy atom. The van der Waals surface area contributed by atoms with Gasteiger partial charge in [-0.1, -0.05) is 34.1 Å². The lowest BCUT2D eigenvalue weighted by Crippen LogP contribution is -2.61. The van der Waals surface area contributed by atoms with E-state index in [0.717, 1.165) is 6.92 Å². The molecule has 17 N–H and O–H groups in total. The van der Waals surface area contributed by atoms with Crippen molar-refractivity contribution in [1.29, 1.82) is 0 Å². The average molecular weight is 888 g/mol. The Labute approximate surface area is 358 Å². The van der Waals surface area contributed by atoms with Gasteiger partial charge < -0.3 is 75.1 Å². The Kier molecular flexibility index (Phi) is 23.9. The van der Waals surface area contributed by atoms with Crippen molar-refractivity contribution in [2.45, 2.75) is 155 Å². The summed E-state index contributed by atoms with van der Waals surface area (Å²) < 4.78 is 0. The zero-order valence-electron chi connectivity index (χ0n) is 36.4. The van der Waals surface area contributed by atoms with Gasteiger partial charge in [-0.05, 0) is 52.9 Å². The summed E-state index contributed by atoms with van der Waals surface area (Å²) in [7, 11) is 0. The van der Waals surface area contributed by atoms with Crippen molar-refractivity contribution >= 4 is 65.0 Å². The second-order valence-corrected chi connectivity index (χ2v) is 15.4. The van der Waals surface area contributed by atoms with Gasteiger partial charge in [0.25, 0.3) is 0 Å². The van der Waals surface area contributed by atoms with E-state index in [0.29, 0.717) is 6.42 Å². The maximum Gasteiger partial charge on any atom is 0.326 e. The van der Waals surface area contributed by atoms with Gasteiger partial charge in [-0.2, -0.15) is 0 Å². The minimum Gasteiger partial charge on any atom is -0.480 e. The molecule has 0 aliphatic rings. The number of hydrogen-bond donors (Lipinski definition) is 14. The fraction of sp³-hybridized carbons (Fsp3) is 0.703. The quantitative estimate of drug-likeness (QED) is 0.0365. The van der Waals surface area contributed by atoms with Crippen LogP contribution in [0.4, 0.5) is 0 Å². The number of carbonyl (C=O) groups is 11. The lowest BCUT2D eigenvalue weighted by atomic mass is 9.97. The van der Waals surface area contributed by atoms with Crippen molar-refractivity contribution in [1.82, 2.24) is 42.5 Å². The summed E-state index contributed by atoms with van der Waals surface area (Å²) in [5, 5.41) is 47.6. The van der Waals surface area contributed by atoms with Crippen LogP contribution in [0, 0.1) is 11.8 Å². The summed E-state index contributed by atoms with van der Waals surface area (Å²) in [6.07, 6.45) is -4.12. The zero-order valence-corrected chi connectivity index (χ0v) is 36.4. The van der Waals surface area contributed by atoms with Crippen LogP contribution in [0.1, 0.15) is 88.0 Å². The molecule has 10 amide bonds. The predicted molar refractivity (Wildman–Crippen MR) is 218 cm³/mol. The molecule has 0 unspecified atom stereocenters. The number of nitrogens with two attached hydrogens (primary N) is 3. The number of carboxylic acid groups (broad SMARTS) is 1. The molecule has 0 bridgehead atoms. The van der Waals surface area contributed by atoms with Gasteiger partial charge in [0.05, 0.1) is 18.6 Å². The second kappa shape index (κ2) is 26.4. The Morgan fingerprint density at radius 2 is 0.887 bits per heavy atom. The molecule has 352 valence electrons. The lowest BCUT2D eigenvalue weighted by molar-refractivity contribution is -0.144. The maximum atomic E-state index is 13.5. The zero-order chi connectivity index (χ0) is 48.3. The highest BCUT2D eigenvalue weighted by Crippen LogP contribution is 2.10. The number of rotatable bonds is 27. The summed E-state index contributed by atoms with van der Waals surface area (Å²) >= 11 is 0. The van der Waals surface area contributed by atoms with Crippen molar-refractivity contribution < 1.29 is 68.1 Å². The largest absolute Gasteiger partial charge is 0.480 e. The van der Waals surface area contributed by atoms with Gasteiger partial charge in [0, 0.05) is 6.42 Å². The molecule has 0 rings (SSSR count). The van der Waals surface area contributed by atoms with E-state index in [-0.39, 0.29) is 0 Å². The Bertz CT molecular complexity index is 1640. The first-order chi connectivity index (χ1) is 28.5. The third kappa shape index (κ3) is 19.2. The molecule has 25 heteroatoms. The summed E-state index contributed by atoms with van der Waals surface area (Å²) in [5.74, 6) is -12.2. The fourth-order valence-corrected chi connectivity index (χ4v) is 5.30. The van der Waals surface area contributed by atoms with Crippen LogP contribution >= 0.6 is 0 Å². The van der Waals surface area contributed by atoms with Gasteiger partial charge in [0.1, 0.15) is 54.4 Å². The van der Waals surface area contributed by atoms with Crippen LogP contribution in [0.15, 0.2) is 0 Å². The van der Waals surface area contributed by atoms with Crippen molar-refractivity contribution in [2.75, 3.05) is 0 Å². The van der Waals surface area contributed by atoms with Crippen LogP contribution in [0.3, 0.4) is 0 Å². The maximum absolute atomic E-state index is 13.5. The van der Waals surface area contributed by atoms with Crippen LogP contribution in [-0.2, 0) is 52.7 Å². The molecule has 0 spiro atoms. The number of carbonyl (C=O) groups excluding carboxylic acids is 10. The lowest BCUT2D eigenvalue weighted by Gasteiger charge is -2.28. The summed E-state index contributed by atoms with van der Waals surface area (Å²) in [6, 6.07) is -13.1. The van der Waals surface area contributed by atoms with Gasteiger partial charge in [-0.3, -0.25) is 47.9 Å². The van der Waals surface area contributed by atoms with E-state index in [2.05, 4.69) is 42.5 Å². The smallest absolute Gasteiger partial charge is 0.326 e. The Morgan fingerprint density at radius 3 is 1.31 bits per heavy atom. The summed E-state index contributed by atoms with van der Waals surface area (Å²) in [5.41, 5.74) is 16.2. The molecule has 0 heterocycles. The first kappa shape index (κ1) is 56.0. The van der Waals surface area contributed by atoms with Crippen LogP contribution < -0.4 is 59.7 Å². The molecule has 0 radical (unpaired) electrons. The van der Waals surface area contributed by atoms with E-state index in [4.69, 9.17) is 17.2 Å². The number of primary amides is 2. The molecule has 62 heavy (non-hydrogen) atoms. The standard InChI is InChI=1S/C37H65N11O14/c1-10-15(4)27(47-30(54)18(7)42-34(58)25(40)19(8)49)35(59)43-16(5)29(53)45-22(13-24(39)52)33(57)44-21(11-12-23(38)51)32(56)41-17(6)31(55)48-28(20(9)50)36(60)46-26(14(2)3)37(61)62/h14-22,25-28,49-50H,10-13,40H2,1-9H3,(H2,38,51)(H2,39,52)(H,41,56)(H,42,58)(H,43,59)(H,44,57)(H,45,53)(H,46,60)(H,47,54)(H,48,55)(H,61,62)/t15-,16-,17-,18-,19+,20+,21-,22-,25-,26-,27-,28-/m0/s1. The highest BCUT2D eigenvalue weighted by Gasteiger charge is 2.35. The highest BCUT2D eigenvalue weighted by atomic mass is 16.4. The normalized spacial score (nSPS) is 16.9. The molecule has 0 aromatic carbocycles. The fourth-order valence-electron chi connectivity index (χ4n) is 5.30. The molecular formula is C37H65N11O14. The van der Waals surface area contributed by atoms with E-state index < -0.39 is 163 Å². The van der Waals surface area contributed by atoms with Crippen molar-refractivity contribution in [2.24, 2.45) is 29.0 Å². The number of carboxylic acids is 1. The van der Waals surface area contributed by atoms with Gasteiger partial charge in [0.15, 0.2) is 0 Å². The third-order valence-corrected chi connectivity index (χ3v) is 9.52. The Balaban J connectivity index is 6.04. The third-order valence-electron chi connectivity index (χ3n) is 9.52. The second-order valence-electron chi connectivity index (χ2n) is 15.4. The number of aliphatic hydroxyl groups excluding tert-OH is 2. The number of aliphatic hydroxyl groups is 2. The molecule has 0 aromatic heterocycles. The monoisotopic (exact) mass is 887 g/mol. The Hall–Kier alpha value is -5.95. The molecule has 12 atom stereocenters. The van der Waals surface area contributed by atoms with E-state index in [9.17, 15) is 68.1 Å². The van der Waals surface area contributed by atoms with Gasteiger partial charge in [-0.15, -0.1) is 0 Å². The van der Waals surface area contributed by atoms with Crippen LogP contribution in [0.25, 0.3) is 0 Å². The van der Waals surface area contributed by atoms with E-state index in [1.165, 1.54) is 41.5 Å². The first-order valence-corrected chi connectivity index (χ1v) is 19.9. The van der Waals surface area contributed by atoms with Crippen LogP contribution in [-0.4, -0.2) is 147 Å². The van der Waals surface area contributed by atoms with Gasteiger partial charge in [0.2, 0.25) is 59.1 Å². The minimum atomic E-state index is -1.77. The number of amides is 10. The van der Waals surface area contributed by atoms with E-state index in [1.807, 2.05) is 0 Å². The molecule has 0 aliphatic heterocycles. The van der Waals surface area contributed by atoms with Crippen molar-refractivity contribution in [3.63, 3.8) is 0 Å². The first-order valence-electron chi connectivity index (χ1n) is 19.9. The predicted octanol–water partition coefficient (Wildman–Crippen LogP) is -6.06. The number of aliphatic carboxylic acids is 1. The summed E-state index contributed by atoms with van der Waals surface area (Å²) in [4.78, 5) is 140. The molecular weight excluding hydrogens is 822 g/mol. The summed E-state index contributed by atoms with van der Waals surface area (Å²) in [6.45, 7) is 12.5. The van der Waals surface area contributed by atoms with Gasteiger partial charge >= 0.3 is 5.97 Å². The molecule has 0 fully saturated rings. The highest BCUT2D eigenvalue weighted by molar-refractivity contribution is 5.99. The van der Waals surface area contributed by atoms with Crippen LogP contribution in [0.5, 0.6) is 0 Å². The number of nitrogens with one attached hydrogen (secondary N) is 8. The molecule has 0 saturated carbocycles. The number of hydrogen-bond acceptors (Lipinski definition) is 14. The molecule has 0 saturated heterocycles. The molecule has 0 aromatic rings. The minimum absolute atomic E-state index is 0.369. The average Bonchev–Trinajstić information content (AvgIpc) is 3.16. The van der Waals surface area contributed by atoms with Crippen molar-refractivity contribution in [3.05, 3.63) is 0 Å². The molecule has 25 nitrogen and oxygen atoms in total. The van der Waals surface area contributed by atoms with E-state index >= 15 is 0 Å². The van der Waals surface area contributed by atoms with E-state index in [1.54, 1.807) is 13.8 Å². The van der Waals surface area contributed by atoms with Gasteiger partial charge in [-0.25, -0.2) is 4.79 Å². The molecule has 0 aliphatic carbocycles. The van der Waals surface area contributed by atoms with Crippen LogP contribution in [0.2, 0.25) is 0 Å². The van der Waals surface area contributed by atoms with Crippen molar-refractivity contribution in [3.8, 4) is 0 Å². The SMILES string of the molecule is CC[C@H](C)[C@H](NC(=O)[C@H](C)NC(=O)[C@@H](N)[C@@H](C)O)C(=O)N[C@@H](C)C(=O)N[C@@H](CC(N)=O)C(=O)N[C@@H](CCC(N)=O)C(=O)N[C@@H](C)C(=O)N[C@H](C(=O)N[C@H](C(=O)O)C(C)C)[C@@H](C)O. The topological polar surface area (TPSA) is 423 Å².